The lowest BCUT2D eigenvalue weighted by Crippen LogP contribution is -2.57. The van der Waals surface area contributed by atoms with Gasteiger partial charge in [0.05, 0.1) is 37.2 Å². The van der Waals surface area contributed by atoms with Crippen molar-refractivity contribution in [3.63, 3.8) is 0 Å². The second-order valence-corrected chi connectivity index (χ2v) is 9.37. The zero-order valence-corrected chi connectivity index (χ0v) is 18.8. The average molecular weight is 475 g/mol. The first-order valence-corrected chi connectivity index (χ1v) is 11.4. The number of fused-ring (bicyclic) bond motifs is 1. The molecular formula is C20H31BrN2O6. The fourth-order valence-corrected chi connectivity index (χ4v) is 6.06. The van der Waals surface area contributed by atoms with Gasteiger partial charge >= 0.3 is 5.97 Å². The first-order chi connectivity index (χ1) is 13.8. The first kappa shape index (κ1) is 22.5. The van der Waals surface area contributed by atoms with E-state index in [4.69, 9.17) is 9.47 Å². The van der Waals surface area contributed by atoms with Crippen LogP contribution in [0.2, 0.25) is 0 Å². The number of alkyl halides is 1. The summed E-state index contributed by atoms with van der Waals surface area (Å²) in [6.07, 6.45) is 2.83. The molecular weight excluding hydrogens is 444 g/mol. The van der Waals surface area contributed by atoms with E-state index < -0.39 is 41.6 Å². The van der Waals surface area contributed by atoms with Crippen LogP contribution in [0, 0.1) is 11.8 Å². The number of hydrogen-bond acceptors (Lipinski definition) is 6. The van der Waals surface area contributed by atoms with Crippen LogP contribution in [0.3, 0.4) is 0 Å². The van der Waals surface area contributed by atoms with Crippen LogP contribution >= 0.6 is 15.9 Å². The molecule has 3 saturated heterocycles. The van der Waals surface area contributed by atoms with Crippen LogP contribution in [0.25, 0.3) is 0 Å². The van der Waals surface area contributed by atoms with Crippen molar-refractivity contribution < 1.29 is 29.0 Å². The van der Waals surface area contributed by atoms with Crippen LogP contribution in [-0.4, -0.2) is 76.2 Å². The number of aliphatic hydroxyl groups excluding tert-OH is 1. The molecule has 8 nitrogen and oxygen atoms in total. The number of amides is 2. The maximum absolute atomic E-state index is 13.4. The average Bonchev–Trinajstić information content (AvgIpc) is 3.28. The van der Waals surface area contributed by atoms with E-state index in [1.165, 1.54) is 4.90 Å². The number of halogens is 1. The van der Waals surface area contributed by atoms with Crippen molar-refractivity contribution in [2.45, 2.75) is 75.1 Å². The summed E-state index contributed by atoms with van der Waals surface area (Å²) in [6, 6.07) is -1.44. The number of aliphatic hydroxyl groups is 1. The van der Waals surface area contributed by atoms with Crippen molar-refractivity contribution >= 4 is 33.7 Å². The van der Waals surface area contributed by atoms with E-state index in [9.17, 15) is 19.5 Å². The second-order valence-electron chi connectivity index (χ2n) is 8.19. The predicted octanol–water partition coefficient (Wildman–Crippen LogP) is 0.985. The third kappa shape index (κ3) is 3.59. The van der Waals surface area contributed by atoms with Gasteiger partial charge < -0.3 is 24.8 Å². The lowest BCUT2D eigenvalue weighted by molar-refractivity contribution is -0.155. The van der Waals surface area contributed by atoms with Gasteiger partial charge in [0.2, 0.25) is 11.8 Å². The monoisotopic (exact) mass is 474 g/mol. The van der Waals surface area contributed by atoms with E-state index in [0.29, 0.717) is 13.0 Å². The van der Waals surface area contributed by atoms with Crippen LogP contribution in [-0.2, 0) is 23.9 Å². The topological polar surface area (TPSA) is 105 Å². The summed E-state index contributed by atoms with van der Waals surface area (Å²) in [5.74, 6) is -2.61. The Bertz CT molecular complexity index is 661. The largest absolute Gasteiger partial charge is 0.466 e. The van der Waals surface area contributed by atoms with Crippen LogP contribution in [0.4, 0.5) is 0 Å². The Hall–Kier alpha value is -1.19. The zero-order valence-electron chi connectivity index (χ0n) is 17.2. The summed E-state index contributed by atoms with van der Waals surface area (Å²) in [6.45, 7) is 5.95. The molecule has 29 heavy (non-hydrogen) atoms. The molecule has 2 N–H and O–H groups in total. The Kier molecular flexibility index (Phi) is 6.90. The van der Waals surface area contributed by atoms with Crippen molar-refractivity contribution in [3.05, 3.63) is 0 Å². The molecule has 9 heteroatoms. The SMILES string of the molecule is CCCCCNC(=O)[C@H]1N([C@H](C)CO)C(=O)[C@@H]2[C@@H](C(=O)OCC)[C@@H]3O[C@@]21CC3Br. The maximum Gasteiger partial charge on any atom is 0.312 e. The third-order valence-electron chi connectivity index (χ3n) is 6.35. The van der Waals surface area contributed by atoms with Crippen molar-refractivity contribution in [2.75, 3.05) is 19.8 Å². The molecule has 0 aromatic rings. The molecule has 0 aromatic carbocycles. The minimum Gasteiger partial charge on any atom is -0.466 e. The van der Waals surface area contributed by atoms with E-state index in [2.05, 4.69) is 28.2 Å². The van der Waals surface area contributed by atoms with Gasteiger partial charge in [-0.15, -0.1) is 0 Å². The molecule has 0 radical (unpaired) electrons. The smallest absolute Gasteiger partial charge is 0.312 e. The molecule has 7 atom stereocenters. The van der Waals surface area contributed by atoms with Crippen molar-refractivity contribution in [3.8, 4) is 0 Å². The number of ether oxygens (including phenoxy) is 2. The van der Waals surface area contributed by atoms with Gasteiger partial charge in [-0.3, -0.25) is 14.4 Å². The summed E-state index contributed by atoms with van der Waals surface area (Å²) in [5, 5.41) is 12.7. The standard InChI is InChI=1S/C20H31BrN2O6/c1-4-6-7-8-22-17(25)16-20-9-12(21)15(29-20)13(19(27)28-5-2)14(20)18(26)23(16)11(3)10-24/h11-16,24H,4-10H2,1-3H3,(H,22,25)/t11-,12?,13-,14+,15-,16-,20+/m1/s1. The summed E-state index contributed by atoms with van der Waals surface area (Å²) in [5.41, 5.74) is -1.09. The van der Waals surface area contributed by atoms with Gasteiger partial charge in [-0.1, -0.05) is 35.7 Å². The summed E-state index contributed by atoms with van der Waals surface area (Å²) in [4.78, 5) is 40.6. The number of carbonyl (C=O) groups is 3. The minimum absolute atomic E-state index is 0.152. The van der Waals surface area contributed by atoms with Crippen LogP contribution in [0.5, 0.6) is 0 Å². The maximum atomic E-state index is 13.4. The highest BCUT2D eigenvalue weighted by molar-refractivity contribution is 9.09. The van der Waals surface area contributed by atoms with E-state index in [-0.39, 0.29) is 29.9 Å². The third-order valence-corrected chi connectivity index (χ3v) is 7.20. The number of carbonyl (C=O) groups excluding carboxylic acids is 3. The summed E-state index contributed by atoms with van der Waals surface area (Å²) < 4.78 is 11.5. The quantitative estimate of drug-likeness (QED) is 0.293. The Labute approximate surface area is 179 Å². The van der Waals surface area contributed by atoms with E-state index in [1.54, 1.807) is 13.8 Å². The van der Waals surface area contributed by atoms with E-state index in [1.807, 2.05) is 0 Å². The van der Waals surface area contributed by atoms with Crippen molar-refractivity contribution in [1.29, 1.82) is 0 Å². The molecule has 3 aliphatic rings. The molecule has 164 valence electrons. The first-order valence-electron chi connectivity index (χ1n) is 10.5. The molecule has 3 fully saturated rings. The highest BCUT2D eigenvalue weighted by atomic mass is 79.9. The fourth-order valence-electron chi connectivity index (χ4n) is 5.12. The van der Waals surface area contributed by atoms with E-state index in [0.717, 1.165) is 19.3 Å². The normalized spacial score (nSPS) is 36.2. The van der Waals surface area contributed by atoms with Crippen molar-refractivity contribution in [1.82, 2.24) is 10.2 Å². The van der Waals surface area contributed by atoms with Gasteiger partial charge in [0.25, 0.3) is 0 Å². The Morgan fingerprint density at radius 1 is 1.41 bits per heavy atom. The highest BCUT2D eigenvalue weighted by Crippen LogP contribution is 2.60. The van der Waals surface area contributed by atoms with Crippen LogP contribution in [0.15, 0.2) is 0 Å². The number of hydrogen-bond donors (Lipinski definition) is 2. The van der Waals surface area contributed by atoms with Gasteiger partial charge in [-0.2, -0.15) is 0 Å². The Balaban J connectivity index is 1.94. The number of nitrogens with one attached hydrogen (secondary N) is 1. The molecule has 2 amide bonds. The number of unbranched alkanes of at least 4 members (excludes halogenated alkanes) is 2. The number of rotatable bonds is 9. The van der Waals surface area contributed by atoms with Gasteiger partial charge in [0, 0.05) is 11.4 Å². The minimum atomic E-state index is -1.09. The van der Waals surface area contributed by atoms with Gasteiger partial charge in [0.1, 0.15) is 11.6 Å². The Morgan fingerprint density at radius 2 is 2.14 bits per heavy atom. The lowest BCUT2D eigenvalue weighted by Gasteiger charge is -2.35. The van der Waals surface area contributed by atoms with Gasteiger partial charge in [0.15, 0.2) is 0 Å². The highest BCUT2D eigenvalue weighted by Gasteiger charge is 2.77. The number of nitrogens with zero attached hydrogens (tertiary/aromatic N) is 1. The van der Waals surface area contributed by atoms with Crippen LogP contribution in [0.1, 0.15) is 46.5 Å². The molecule has 3 aliphatic heterocycles. The molecule has 2 bridgehead atoms. The second kappa shape index (κ2) is 8.89. The molecule has 0 aromatic heterocycles. The number of likely N-dealkylation sites (tertiary alicyclic amines) is 1. The molecule has 3 rings (SSSR count). The van der Waals surface area contributed by atoms with E-state index >= 15 is 0 Å². The lowest BCUT2D eigenvalue weighted by atomic mass is 9.70. The fraction of sp³-hybridized carbons (Fsp3) is 0.850. The molecule has 0 aliphatic carbocycles. The molecule has 1 spiro atoms. The van der Waals surface area contributed by atoms with Crippen molar-refractivity contribution in [2.24, 2.45) is 11.8 Å². The van der Waals surface area contributed by atoms with Crippen LogP contribution < -0.4 is 5.32 Å². The molecule has 0 saturated carbocycles. The zero-order chi connectivity index (χ0) is 21.3. The molecule has 3 heterocycles. The van der Waals surface area contributed by atoms with Gasteiger partial charge in [-0.25, -0.2) is 0 Å². The van der Waals surface area contributed by atoms with Gasteiger partial charge in [-0.05, 0) is 26.7 Å². The predicted molar refractivity (Wildman–Crippen MR) is 108 cm³/mol. The number of esters is 1. The molecule has 1 unspecified atom stereocenters. The Morgan fingerprint density at radius 3 is 2.76 bits per heavy atom. The summed E-state index contributed by atoms with van der Waals surface area (Å²) in [7, 11) is 0. The summed E-state index contributed by atoms with van der Waals surface area (Å²) >= 11 is 3.59.